The molecule has 0 aromatic heterocycles. The van der Waals surface area contributed by atoms with Gasteiger partial charge in [0.05, 0.1) is 0 Å². The number of alkyl halides is 2. The molecule has 5 rings (SSSR count). The summed E-state index contributed by atoms with van der Waals surface area (Å²) < 4.78 is 30.4. The van der Waals surface area contributed by atoms with Gasteiger partial charge in [0.25, 0.3) is 5.92 Å². The molecule has 2 nitrogen and oxygen atoms in total. The molecule has 1 aliphatic heterocycles. The molecule has 0 radical (unpaired) electrons. The van der Waals surface area contributed by atoms with Crippen LogP contribution in [0.25, 0.3) is 0 Å². The Bertz CT molecular complexity index is 1040. The smallest absolute Gasteiger partial charge is 0.274 e. The van der Waals surface area contributed by atoms with E-state index in [1.165, 1.54) is 37.1 Å². The van der Waals surface area contributed by atoms with Gasteiger partial charge in [0.1, 0.15) is 5.75 Å². The molecular weight excluding hydrogens is 392 g/mol. The summed E-state index contributed by atoms with van der Waals surface area (Å²) in [5.74, 6) is -3.63. The van der Waals surface area contributed by atoms with Crippen molar-refractivity contribution in [2.75, 3.05) is 18.0 Å². The summed E-state index contributed by atoms with van der Waals surface area (Å²) in [6.07, 6.45) is 3.44. The third kappa shape index (κ3) is 3.80. The van der Waals surface area contributed by atoms with Crippen molar-refractivity contribution in [3.63, 3.8) is 0 Å². The van der Waals surface area contributed by atoms with Crippen LogP contribution < -0.4 is 4.90 Å². The fourth-order valence-corrected chi connectivity index (χ4v) is 5.32. The molecule has 0 bridgehead atoms. The Labute approximate surface area is 182 Å². The topological polar surface area (TPSA) is 23.5 Å². The molecule has 1 saturated heterocycles. The summed E-state index contributed by atoms with van der Waals surface area (Å²) >= 11 is 0. The molecule has 3 aromatic rings. The minimum absolute atomic E-state index is 0.0511. The van der Waals surface area contributed by atoms with Gasteiger partial charge in [-0.3, -0.25) is 0 Å². The fourth-order valence-electron chi connectivity index (χ4n) is 5.32. The van der Waals surface area contributed by atoms with E-state index in [2.05, 4.69) is 29.2 Å². The first-order valence-electron chi connectivity index (χ1n) is 11.1. The van der Waals surface area contributed by atoms with E-state index in [1.807, 2.05) is 30.3 Å². The average Bonchev–Trinajstić information content (AvgIpc) is 2.80. The Hall–Kier alpha value is -2.88. The first-order valence-corrected chi connectivity index (χ1v) is 11.1. The lowest BCUT2D eigenvalue weighted by molar-refractivity contribution is -0.0304. The van der Waals surface area contributed by atoms with Crippen LogP contribution in [0.4, 0.5) is 14.5 Å². The molecule has 160 valence electrons. The summed E-state index contributed by atoms with van der Waals surface area (Å²) in [7, 11) is 0. The maximum absolute atomic E-state index is 15.2. The van der Waals surface area contributed by atoms with E-state index in [0.717, 1.165) is 24.2 Å². The van der Waals surface area contributed by atoms with Gasteiger partial charge in [-0.25, -0.2) is 8.78 Å². The summed E-state index contributed by atoms with van der Waals surface area (Å²) in [5.41, 5.74) is 3.72. The van der Waals surface area contributed by atoms with E-state index in [0.29, 0.717) is 5.56 Å². The van der Waals surface area contributed by atoms with Crippen molar-refractivity contribution in [1.29, 1.82) is 0 Å². The molecule has 4 heteroatoms. The van der Waals surface area contributed by atoms with Gasteiger partial charge in [-0.2, -0.15) is 0 Å². The fraction of sp³-hybridized carbons (Fsp3) is 0.333. The zero-order valence-electron chi connectivity index (χ0n) is 17.5. The van der Waals surface area contributed by atoms with Crippen LogP contribution in [0.1, 0.15) is 59.8 Å². The number of phenolic OH excluding ortho intramolecular Hbond substituents is 1. The number of piperidine rings is 1. The summed E-state index contributed by atoms with van der Waals surface area (Å²) in [5, 5.41) is 9.90. The van der Waals surface area contributed by atoms with Gasteiger partial charge in [-0.1, -0.05) is 48.5 Å². The largest absolute Gasteiger partial charge is 0.508 e. The predicted octanol–water partition coefficient (Wildman–Crippen LogP) is 6.79. The van der Waals surface area contributed by atoms with E-state index in [-0.39, 0.29) is 29.6 Å². The molecule has 2 aliphatic rings. The lowest BCUT2D eigenvalue weighted by atomic mass is 9.68. The zero-order chi connectivity index (χ0) is 21.4. The van der Waals surface area contributed by atoms with Crippen molar-refractivity contribution in [2.45, 2.75) is 43.4 Å². The van der Waals surface area contributed by atoms with Gasteiger partial charge in [0.2, 0.25) is 0 Å². The second kappa shape index (κ2) is 7.99. The Morgan fingerprint density at radius 1 is 0.806 bits per heavy atom. The van der Waals surface area contributed by atoms with E-state index in [9.17, 15) is 5.11 Å². The zero-order valence-corrected chi connectivity index (χ0v) is 17.5. The van der Waals surface area contributed by atoms with E-state index < -0.39 is 5.92 Å². The van der Waals surface area contributed by atoms with Gasteiger partial charge < -0.3 is 10.0 Å². The van der Waals surface area contributed by atoms with Crippen LogP contribution in [-0.2, 0) is 5.92 Å². The van der Waals surface area contributed by atoms with Gasteiger partial charge >= 0.3 is 0 Å². The molecule has 1 aliphatic carbocycles. The van der Waals surface area contributed by atoms with Gasteiger partial charge in [-0.05, 0) is 60.2 Å². The van der Waals surface area contributed by atoms with Crippen LogP contribution in [0.5, 0.6) is 5.75 Å². The van der Waals surface area contributed by atoms with Gasteiger partial charge in [0, 0.05) is 42.6 Å². The number of phenols is 1. The number of fused-ring (bicyclic) bond motifs is 1. The minimum atomic E-state index is -2.99. The lowest BCUT2D eigenvalue weighted by Crippen LogP contribution is -2.31. The quantitative estimate of drug-likeness (QED) is 0.505. The SMILES string of the molecule is Oc1ccc2c(c1)C(F)(F)C[C@H](c1ccccc1)[C@@H]2c1ccc(N2CCCCC2)cc1. The Kier molecular flexibility index (Phi) is 5.17. The normalized spacial score (nSPS) is 22.7. The number of nitrogens with zero attached hydrogens (tertiary/aromatic N) is 1. The molecule has 1 heterocycles. The first kappa shape index (κ1) is 20.0. The molecule has 31 heavy (non-hydrogen) atoms. The number of rotatable bonds is 3. The molecule has 0 saturated carbocycles. The molecule has 1 N–H and O–H groups in total. The molecule has 0 spiro atoms. The summed E-state index contributed by atoms with van der Waals surface area (Å²) in [6.45, 7) is 2.15. The predicted molar refractivity (Wildman–Crippen MR) is 120 cm³/mol. The maximum Gasteiger partial charge on any atom is 0.274 e. The van der Waals surface area contributed by atoms with Gasteiger partial charge in [-0.15, -0.1) is 0 Å². The van der Waals surface area contributed by atoms with Crippen LogP contribution in [-0.4, -0.2) is 18.2 Å². The molecular formula is C27H27F2NO. The third-order valence-electron chi connectivity index (χ3n) is 6.85. The standard InChI is InChI=1S/C27H27F2NO/c28-27(29)18-24(19-7-3-1-4-8-19)26(23-14-13-22(31)17-25(23)27)20-9-11-21(12-10-20)30-15-5-2-6-16-30/h1,3-4,7-14,17,24,26,31H,2,5-6,15-16,18H2/t24-,26-/m1/s1. The summed E-state index contributed by atoms with van der Waals surface area (Å²) in [6, 6.07) is 22.5. The van der Waals surface area contributed by atoms with E-state index >= 15 is 8.78 Å². The van der Waals surface area contributed by atoms with Crippen molar-refractivity contribution < 1.29 is 13.9 Å². The first-order chi connectivity index (χ1) is 15.0. The molecule has 0 amide bonds. The molecule has 1 fully saturated rings. The summed E-state index contributed by atoms with van der Waals surface area (Å²) in [4.78, 5) is 2.41. The number of anilines is 1. The van der Waals surface area contributed by atoms with Crippen molar-refractivity contribution >= 4 is 5.69 Å². The van der Waals surface area contributed by atoms with Crippen molar-refractivity contribution in [3.8, 4) is 5.75 Å². The van der Waals surface area contributed by atoms with Gasteiger partial charge in [0.15, 0.2) is 0 Å². The third-order valence-corrected chi connectivity index (χ3v) is 6.85. The highest BCUT2D eigenvalue weighted by atomic mass is 19.3. The average molecular weight is 420 g/mol. The Morgan fingerprint density at radius 2 is 1.52 bits per heavy atom. The number of aromatic hydroxyl groups is 1. The van der Waals surface area contributed by atoms with E-state index in [4.69, 9.17) is 0 Å². The molecule has 0 unspecified atom stereocenters. The Balaban J connectivity index is 1.59. The Morgan fingerprint density at radius 3 is 2.23 bits per heavy atom. The van der Waals surface area contributed by atoms with Crippen molar-refractivity contribution in [3.05, 3.63) is 95.1 Å². The van der Waals surface area contributed by atoms with Crippen molar-refractivity contribution in [2.24, 2.45) is 0 Å². The van der Waals surface area contributed by atoms with Crippen molar-refractivity contribution in [1.82, 2.24) is 0 Å². The van der Waals surface area contributed by atoms with E-state index in [1.54, 1.807) is 6.07 Å². The highest BCUT2D eigenvalue weighted by Crippen LogP contribution is 2.54. The highest BCUT2D eigenvalue weighted by molar-refractivity contribution is 5.53. The van der Waals surface area contributed by atoms with Crippen LogP contribution in [0.3, 0.4) is 0 Å². The second-order valence-corrected chi connectivity index (χ2v) is 8.81. The molecule has 3 aromatic carbocycles. The monoisotopic (exact) mass is 419 g/mol. The highest BCUT2D eigenvalue weighted by Gasteiger charge is 2.46. The number of hydrogen-bond donors (Lipinski definition) is 1. The van der Waals surface area contributed by atoms with Crippen LogP contribution in [0.15, 0.2) is 72.8 Å². The number of halogens is 2. The number of benzene rings is 3. The lowest BCUT2D eigenvalue weighted by Gasteiger charge is -2.39. The number of hydrogen-bond acceptors (Lipinski definition) is 2. The van der Waals surface area contributed by atoms with Crippen LogP contribution in [0.2, 0.25) is 0 Å². The molecule has 2 atom stereocenters. The van der Waals surface area contributed by atoms with Crippen LogP contribution in [0, 0.1) is 0 Å². The van der Waals surface area contributed by atoms with Crippen LogP contribution >= 0.6 is 0 Å². The maximum atomic E-state index is 15.2. The second-order valence-electron chi connectivity index (χ2n) is 8.81. The minimum Gasteiger partial charge on any atom is -0.508 e.